The van der Waals surface area contributed by atoms with Crippen LogP contribution in [0.4, 0.5) is 10.5 Å². The normalized spacial score (nSPS) is 11.8. The van der Waals surface area contributed by atoms with Crippen LogP contribution in [0.25, 0.3) is 0 Å². The van der Waals surface area contributed by atoms with E-state index in [4.69, 9.17) is 10.9 Å². The van der Waals surface area contributed by atoms with Crippen molar-refractivity contribution in [3.63, 3.8) is 0 Å². The number of carbonyl (C=O) groups excluding carboxylic acids is 1. The number of rotatable bonds is 4. The summed E-state index contributed by atoms with van der Waals surface area (Å²) in [6.45, 7) is 0. The van der Waals surface area contributed by atoms with Crippen molar-refractivity contribution in [3.05, 3.63) is 29.8 Å². The number of amides is 1. The molecular weight excluding hydrogens is 288 g/mol. The molecule has 0 saturated carbocycles. The van der Waals surface area contributed by atoms with Gasteiger partial charge < -0.3 is 15.7 Å². The lowest BCUT2D eigenvalue weighted by molar-refractivity contribution is 0.177. The molecule has 0 aliphatic rings. The molecule has 0 aliphatic heterocycles. The van der Waals surface area contributed by atoms with Gasteiger partial charge in [-0.2, -0.15) is 8.42 Å². The van der Waals surface area contributed by atoms with Crippen molar-refractivity contribution in [2.75, 3.05) is 18.5 Å². The van der Waals surface area contributed by atoms with Gasteiger partial charge in [-0.1, -0.05) is 17.3 Å². The Morgan fingerprint density at radius 1 is 1.50 bits per heavy atom. The van der Waals surface area contributed by atoms with Crippen LogP contribution in [-0.2, 0) is 14.9 Å². The monoisotopic (exact) mass is 302 g/mol. The number of nitrogens with zero attached hydrogens (tertiary/aromatic N) is 2. The van der Waals surface area contributed by atoms with Gasteiger partial charge in [-0.25, -0.2) is 9.52 Å². The molecule has 1 aromatic rings. The van der Waals surface area contributed by atoms with Crippen molar-refractivity contribution in [2.45, 2.75) is 0 Å². The first kappa shape index (κ1) is 15.6. The van der Waals surface area contributed by atoms with Crippen LogP contribution >= 0.6 is 0 Å². The van der Waals surface area contributed by atoms with E-state index in [1.165, 1.54) is 31.3 Å². The molecule has 0 unspecified atom stereocenters. The molecule has 20 heavy (non-hydrogen) atoms. The van der Waals surface area contributed by atoms with Gasteiger partial charge in [0.2, 0.25) is 0 Å². The van der Waals surface area contributed by atoms with Crippen LogP contribution in [0.1, 0.15) is 5.56 Å². The number of hydrogen-bond acceptors (Lipinski definition) is 6. The standard InChI is InChI=1S/C10H14N4O5S/c1-14(20(17,18)13-10(15)19-2)8-5-3-4-7(6-8)9(11)12-16/h3-6,16H,1-2H3,(H2,11,12)(H,13,15). The van der Waals surface area contributed by atoms with Gasteiger partial charge in [-0.15, -0.1) is 0 Å². The molecule has 110 valence electrons. The zero-order valence-corrected chi connectivity index (χ0v) is 11.6. The van der Waals surface area contributed by atoms with E-state index in [1.54, 1.807) is 4.72 Å². The maximum atomic E-state index is 11.9. The fraction of sp³-hybridized carbons (Fsp3) is 0.200. The molecule has 0 bridgehead atoms. The highest BCUT2D eigenvalue weighted by molar-refractivity contribution is 7.91. The van der Waals surface area contributed by atoms with Crippen LogP contribution in [-0.4, -0.2) is 39.7 Å². The number of hydrogen-bond donors (Lipinski definition) is 3. The maximum absolute atomic E-state index is 11.9. The summed E-state index contributed by atoms with van der Waals surface area (Å²) in [4.78, 5) is 11.0. The van der Waals surface area contributed by atoms with Gasteiger partial charge in [0.05, 0.1) is 12.8 Å². The average molecular weight is 302 g/mol. The topological polar surface area (TPSA) is 134 Å². The Morgan fingerprint density at radius 3 is 2.70 bits per heavy atom. The number of carbonyl (C=O) groups is 1. The summed E-state index contributed by atoms with van der Waals surface area (Å²) in [6, 6.07) is 5.91. The number of nitrogens with one attached hydrogen (secondary N) is 1. The number of nitrogens with two attached hydrogens (primary N) is 1. The number of ether oxygens (including phenoxy) is 1. The molecule has 9 nitrogen and oxygen atoms in total. The third-order valence-corrected chi connectivity index (χ3v) is 3.73. The summed E-state index contributed by atoms with van der Waals surface area (Å²) < 4.78 is 30.4. The van der Waals surface area contributed by atoms with Crippen molar-refractivity contribution in [3.8, 4) is 0 Å². The summed E-state index contributed by atoms with van der Waals surface area (Å²) in [5.41, 5.74) is 5.95. The fourth-order valence-corrected chi connectivity index (χ4v) is 2.10. The molecule has 1 rings (SSSR count). The van der Waals surface area contributed by atoms with Crippen molar-refractivity contribution in [1.82, 2.24) is 4.72 Å². The zero-order chi connectivity index (χ0) is 15.3. The highest BCUT2D eigenvalue weighted by Gasteiger charge is 2.21. The highest BCUT2D eigenvalue weighted by atomic mass is 32.2. The Bertz CT molecular complexity index is 628. The van der Waals surface area contributed by atoms with Crippen LogP contribution in [0.5, 0.6) is 0 Å². The van der Waals surface area contributed by atoms with Crippen molar-refractivity contribution in [2.24, 2.45) is 10.9 Å². The van der Waals surface area contributed by atoms with Gasteiger partial charge in [0.1, 0.15) is 0 Å². The summed E-state index contributed by atoms with van der Waals surface area (Å²) in [7, 11) is -1.83. The molecule has 0 aliphatic carbocycles. The lowest BCUT2D eigenvalue weighted by Gasteiger charge is -2.19. The summed E-state index contributed by atoms with van der Waals surface area (Å²) in [5.74, 6) is -0.168. The molecule has 1 amide bonds. The lowest BCUT2D eigenvalue weighted by atomic mass is 10.2. The van der Waals surface area contributed by atoms with Gasteiger partial charge in [0.15, 0.2) is 5.84 Å². The van der Waals surface area contributed by atoms with Gasteiger partial charge in [-0.05, 0) is 12.1 Å². The Kier molecular flexibility index (Phi) is 4.75. The van der Waals surface area contributed by atoms with Gasteiger partial charge in [0, 0.05) is 12.6 Å². The van der Waals surface area contributed by atoms with E-state index in [1.807, 2.05) is 0 Å². The van der Waals surface area contributed by atoms with Crippen LogP contribution in [0.3, 0.4) is 0 Å². The van der Waals surface area contributed by atoms with Crippen molar-refractivity contribution >= 4 is 27.8 Å². The molecule has 0 fully saturated rings. The zero-order valence-electron chi connectivity index (χ0n) is 10.8. The lowest BCUT2D eigenvalue weighted by Crippen LogP contribution is -2.41. The molecule has 0 heterocycles. The summed E-state index contributed by atoms with van der Waals surface area (Å²) in [6.07, 6.45) is -1.11. The Labute approximate surface area is 115 Å². The third kappa shape index (κ3) is 3.51. The number of benzene rings is 1. The first-order chi connectivity index (χ1) is 9.31. The quantitative estimate of drug-likeness (QED) is 0.305. The maximum Gasteiger partial charge on any atom is 0.422 e. The smallest absolute Gasteiger partial charge is 0.422 e. The van der Waals surface area contributed by atoms with E-state index in [9.17, 15) is 13.2 Å². The van der Waals surface area contributed by atoms with Crippen LogP contribution in [0, 0.1) is 0 Å². The van der Waals surface area contributed by atoms with E-state index in [-0.39, 0.29) is 11.5 Å². The fourth-order valence-electron chi connectivity index (χ4n) is 1.27. The van der Waals surface area contributed by atoms with Crippen molar-refractivity contribution in [1.29, 1.82) is 0 Å². The molecule has 4 N–H and O–H groups in total. The molecule has 0 saturated heterocycles. The Hall–Kier alpha value is -2.49. The van der Waals surface area contributed by atoms with Gasteiger partial charge in [0.25, 0.3) is 0 Å². The second-order valence-electron chi connectivity index (χ2n) is 3.60. The second kappa shape index (κ2) is 6.10. The van der Waals surface area contributed by atoms with Gasteiger partial charge in [-0.3, -0.25) is 4.31 Å². The molecule has 0 atom stereocenters. The summed E-state index contributed by atoms with van der Waals surface area (Å²) >= 11 is 0. The Morgan fingerprint density at radius 2 is 2.15 bits per heavy atom. The first-order valence-corrected chi connectivity index (χ1v) is 6.68. The van der Waals surface area contributed by atoms with Crippen LogP contribution in [0.15, 0.2) is 29.4 Å². The average Bonchev–Trinajstić information content (AvgIpc) is 2.45. The van der Waals surface area contributed by atoms with E-state index in [0.29, 0.717) is 5.56 Å². The molecule has 0 spiro atoms. The van der Waals surface area contributed by atoms with E-state index in [0.717, 1.165) is 11.4 Å². The largest absolute Gasteiger partial charge is 0.452 e. The number of amidine groups is 1. The highest BCUT2D eigenvalue weighted by Crippen LogP contribution is 2.17. The van der Waals surface area contributed by atoms with E-state index in [2.05, 4.69) is 9.89 Å². The molecule has 0 aromatic heterocycles. The second-order valence-corrected chi connectivity index (χ2v) is 5.30. The number of methoxy groups -OCH3 is 1. The molecular formula is C10H14N4O5S. The van der Waals surface area contributed by atoms with E-state index >= 15 is 0 Å². The minimum absolute atomic E-state index is 0.168. The molecule has 1 aromatic carbocycles. The van der Waals surface area contributed by atoms with Crippen LogP contribution < -0.4 is 14.8 Å². The minimum Gasteiger partial charge on any atom is -0.452 e. The third-order valence-electron chi connectivity index (χ3n) is 2.37. The SMILES string of the molecule is COC(=O)NS(=O)(=O)N(C)c1cccc(/C(N)=N/O)c1. The predicted octanol–water partition coefficient (Wildman–Crippen LogP) is -0.182. The van der Waals surface area contributed by atoms with E-state index < -0.39 is 16.3 Å². The van der Waals surface area contributed by atoms with Crippen molar-refractivity contribution < 1.29 is 23.2 Å². The molecule has 0 radical (unpaired) electrons. The predicted molar refractivity (Wildman–Crippen MR) is 71.8 cm³/mol. The summed E-state index contributed by atoms with van der Waals surface area (Å²) in [5, 5.41) is 11.4. The minimum atomic E-state index is -4.11. The number of oxime groups is 1. The van der Waals surface area contributed by atoms with Gasteiger partial charge >= 0.3 is 16.3 Å². The molecule has 10 heteroatoms. The Balaban J connectivity index is 3.09. The van der Waals surface area contributed by atoms with Crippen LogP contribution in [0.2, 0.25) is 0 Å². The first-order valence-electron chi connectivity index (χ1n) is 5.24. The number of anilines is 1.